The van der Waals surface area contributed by atoms with Gasteiger partial charge in [-0.3, -0.25) is 4.79 Å². The first kappa shape index (κ1) is 24.0. The first-order chi connectivity index (χ1) is 16.4. The Balaban J connectivity index is 1.92. The highest BCUT2D eigenvalue weighted by molar-refractivity contribution is 6.02. The van der Waals surface area contributed by atoms with Crippen LogP contribution in [0, 0.1) is 0 Å². The van der Waals surface area contributed by atoms with Crippen molar-refractivity contribution in [3.8, 4) is 5.75 Å². The third-order valence-corrected chi connectivity index (χ3v) is 4.63. The molecule has 9 heteroatoms. The van der Waals surface area contributed by atoms with Gasteiger partial charge in [-0.2, -0.15) is 0 Å². The van der Waals surface area contributed by atoms with Crippen LogP contribution in [-0.4, -0.2) is 48.2 Å². The molecular weight excluding hydrogens is 442 g/mol. The van der Waals surface area contributed by atoms with Crippen LogP contribution in [0.2, 0.25) is 0 Å². The van der Waals surface area contributed by atoms with Crippen molar-refractivity contribution in [2.45, 2.75) is 12.2 Å². The van der Waals surface area contributed by atoms with Gasteiger partial charge >= 0.3 is 17.9 Å². The van der Waals surface area contributed by atoms with Gasteiger partial charge in [0.25, 0.3) is 5.91 Å². The summed E-state index contributed by atoms with van der Waals surface area (Å²) in [6, 6.07) is 21.7. The monoisotopic (exact) mass is 463 g/mol. The number of para-hydroxylation sites is 2. The zero-order chi connectivity index (χ0) is 24.5. The Morgan fingerprint density at radius 3 is 1.68 bits per heavy atom. The number of benzene rings is 3. The molecule has 0 aliphatic heterocycles. The lowest BCUT2D eigenvalue weighted by Crippen LogP contribution is -2.48. The third kappa shape index (κ3) is 5.98. The molecule has 3 rings (SSSR count). The second-order valence-corrected chi connectivity index (χ2v) is 6.91. The first-order valence-corrected chi connectivity index (χ1v) is 10.1. The molecule has 0 saturated carbocycles. The van der Waals surface area contributed by atoms with Crippen molar-refractivity contribution in [2.24, 2.45) is 0 Å². The molecule has 9 nitrogen and oxygen atoms in total. The number of carboxylic acid groups (broad SMARTS) is 1. The van der Waals surface area contributed by atoms with E-state index in [1.807, 2.05) is 0 Å². The summed E-state index contributed by atoms with van der Waals surface area (Å²) < 4.78 is 15.5. The lowest BCUT2D eigenvalue weighted by Gasteiger charge is -2.24. The molecule has 0 saturated heterocycles. The second-order valence-electron chi connectivity index (χ2n) is 6.91. The third-order valence-electron chi connectivity index (χ3n) is 4.63. The topological polar surface area (TPSA) is 128 Å². The van der Waals surface area contributed by atoms with E-state index >= 15 is 0 Å². The summed E-state index contributed by atoms with van der Waals surface area (Å²) in [7, 11) is 1.39. The first-order valence-electron chi connectivity index (χ1n) is 10.1. The zero-order valence-electron chi connectivity index (χ0n) is 18.0. The van der Waals surface area contributed by atoms with Crippen LogP contribution in [-0.2, 0) is 19.1 Å². The van der Waals surface area contributed by atoms with Crippen molar-refractivity contribution >= 4 is 29.5 Å². The standard InChI is InChI=1S/C25H21NO8/c1-32-19-15-9-8-14-18(19)26-22(27)20(33-24(30)16-10-4-2-5-11-16)21(23(28)29)34-25(31)17-12-6-3-7-13-17/h2-15,20-21H,1H3,(H,26,27)(H,28,29). The lowest BCUT2D eigenvalue weighted by atomic mass is 10.1. The van der Waals surface area contributed by atoms with Crippen LogP contribution in [0.4, 0.5) is 5.69 Å². The summed E-state index contributed by atoms with van der Waals surface area (Å²) in [5.41, 5.74) is 0.345. The Morgan fingerprint density at radius 1 is 0.706 bits per heavy atom. The molecule has 0 spiro atoms. The van der Waals surface area contributed by atoms with Gasteiger partial charge in [0.15, 0.2) is 0 Å². The number of methoxy groups -OCH3 is 1. The maximum Gasteiger partial charge on any atom is 0.349 e. The SMILES string of the molecule is COc1ccccc1NC(=O)C(OC(=O)c1ccccc1)C(OC(=O)c1ccccc1)C(=O)O. The molecule has 0 bridgehead atoms. The minimum atomic E-state index is -2.13. The molecule has 3 aromatic rings. The molecule has 0 aliphatic rings. The number of aliphatic carboxylic acids is 1. The van der Waals surface area contributed by atoms with Gasteiger partial charge in [-0.1, -0.05) is 48.5 Å². The molecule has 0 fully saturated rings. The number of rotatable bonds is 9. The Kier molecular flexibility index (Phi) is 7.96. The van der Waals surface area contributed by atoms with Crippen LogP contribution in [0.25, 0.3) is 0 Å². The van der Waals surface area contributed by atoms with Crippen LogP contribution in [0.1, 0.15) is 20.7 Å². The van der Waals surface area contributed by atoms with Crippen molar-refractivity contribution in [3.63, 3.8) is 0 Å². The van der Waals surface area contributed by atoms with Crippen molar-refractivity contribution in [1.29, 1.82) is 0 Å². The number of amides is 1. The molecule has 0 radical (unpaired) electrons. The number of nitrogens with one attached hydrogen (secondary N) is 1. The molecule has 174 valence electrons. The highest BCUT2D eigenvalue weighted by atomic mass is 16.6. The number of carbonyl (C=O) groups is 4. The number of anilines is 1. The maximum atomic E-state index is 13.1. The van der Waals surface area contributed by atoms with Gasteiger partial charge in [0.2, 0.25) is 12.2 Å². The minimum absolute atomic E-state index is 0.0621. The zero-order valence-corrected chi connectivity index (χ0v) is 18.0. The van der Waals surface area contributed by atoms with E-state index in [2.05, 4.69) is 5.32 Å². The van der Waals surface area contributed by atoms with E-state index in [-0.39, 0.29) is 22.6 Å². The Morgan fingerprint density at radius 2 is 1.18 bits per heavy atom. The lowest BCUT2D eigenvalue weighted by molar-refractivity contribution is -0.157. The van der Waals surface area contributed by atoms with E-state index in [1.165, 1.54) is 37.4 Å². The fraction of sp³-hybridized carbons (Fsp3) is 0.120. The summed E-state index contributed by atoms with van der Waals surface area (Å²) in [5, 5.41) is 12.2. The predicted octanol–water partition coefficient (Wildman–Crippen LogP) is 3.17. The van der Waals surface area contributed by atoms with Gasteiger partial charge in [0.05, 0.1) is 23.9 Å². The Labute approximate surface area is 194 Å². The molecule has 2 unspecified atom stereocenters. The molecule has 0 aliphatic carbocycles. The van der Waals surface area contributed by atoms with Gasteiger partial charge in [-0.25, -0.2) is 14.4 Å². The van der Waals surface area contributed by atoms with Crippen LogP contribution in [0.5, 0.6) is 5.75 Å². The van der Waals surface area contributed by atoms with Crippen LogP contribution < -0.4 is 10.1 Å². The van der Waals surface area contributed by atoms with Gasteiger partial charge in [0.1, 0.15) is 5.75 Å². The summed E-state index contributed by atoms with van der Waals surface area (Å²) in [4.78, 5) is 50.3. The Hall–Kier alpha value is -4.66. The normalized spacial score (nSPS) is 12.0. The number of carbonyl (C=O) groups excluding carboxylic acids is 3. The number of hydrogen-bond donors (Lipinski definition) is 2. The highest BCUT2D eigenvalue weighted by Gasteiger charge is 2.41. The van der Waals surface area contributed by atoms with Crippen LogP contribution >= 0.6 is 0 Å². The van der Waals surface area contributed by atoms with Gasteiger partial charge in [-0.05, 0) is 36.4 Å². The predicted molar refractivity (Wildman–Crippen MR) is 121 cm³/mol. The average molecular weight is 463 g/mol. The number of hydrogen-bond acceptors (Lipinski definition) is 7. The van der Waals surface area contributed by atoms with Crippen molar-refractivity contribution in [1.82, 2.24) is 0 Å². The summed E-state index contributed by atoms with van der Waals surface area (Å²) in [6.07, 6.45) is -4.14. The van der Waals surface area contributed by atoms with Gasteiger partial charge in [0, 0.05) is 0 Å². The molecule has 2 atom stereocenters. The molecule has 34 heavy (non-hydrogen) atoms. The fourth-order valence-corrected chi connectivity index (χ4v) is 2.96. The van der Waals surface area contributed by atoms with E-state index in [1.54, 1.807) is 54.6 Å². The van der Waals surface area contributed by atoms with Crippen molar-refractivity contribution in [2.75, 3.05) is 12.4 Å². The number of esters is 2. The maximum absolute atomic E-state index is 13.1. The number of carboxylic acids is 1. The molecule has 2 N–H and O–H groups in total. The molecule has 0 heterocycles. The van der Waals surface area contributed by atoms with Gasteiger partial charge in [-0.15, -0.1) is 0 Å². The van der Waals surface area contributed by atoms with E-state index in [4.69, 9.17) is 14.2 Å². The van der Waals surface area contributed by atoms with Crippen LogP contribution in [0.15, 0.2) is 84.9 Å². The molecule has 0 aromatic heterocycles. The molecular formula is C25H21NO8. The van der Waals surface area contributed by atoms with E-state index < -0.39 is 36.0 Å². The van der Waals surface area contributed by atoms with E-state index in [0.29, 0.717) is 0 Å². The summed E-state index contributed by atoms with van der Waals surface area (Å²) >= 11 is 0. The minimum Gasteiger partial charge on any atom is -0.495 e. The largest absolute Gasteiger partial charge is 0.495 e. The van der Waals surface area contributed by atoms with Crippen molar-refractivity contribution in [3.05, 3.63) is 96.1 Å². The van der Waals surface area contributed by atoms with Crippen molar-refractivity contribution < 1.29 is 38.5 Å². The van der Waals surface area contributed by atoms with Crippen LogP contribution in [0.3, 0.4) is 0 Å². The second kappa shape index (κ2) is 11.3. The van der Waals surface area contributed by atoms with Gasteiger partial charge < -0.3 is 24.6 Å². The fourth-order valence-electron chi connectivity index (χ4n) is 2.96. The summed E-state index contributed by atoms with van der Waals surface area (Å²) in [6.45, 7) is 0. The number of ether oxygens (including phenoxy) is 3. The summed E-state index contributed by atoms with van der Waals surface area (Å²) in [5.74, 6) is -4.38. The average Bonchev–Trinajstić information content (AvgIpc) is 2.87. The quantitative estimate of drug-likeness (QED) is 0.463. The van der Waals surface area contributed by atoms with E-state index in [9.17, 15) is 24.3 Å². The molecule has 3 aromatic carbocycles. The Bertz CT molecular complexity index is 1160. The highest BCUT2D eigenvalue weighted by Crippen LogP contribution is 2.24. The smallest absolute Gasteiger partial charge is 0.349 e. The van der Waals surface area contributed by atoms with E-state index in [0.717, 1.165) is 0 Å². The molecule has 1 amide bonds.